The predicted molar refractivity (Wildman–Crippen MR) is 74.2 cm³/mol. The second-order valence-electron chi connectivity index (χ2n) is 3.90. The molecule has 0 aliphatic heterocycles. The van der Waals surface area contributed by atoms with E-state index in [9.17, 15) is 0 Å². The summed E-state index contributed by atoms with van der Waals surface area (Å²) in [5, 5.41) is 4.62. The van der Waals surface area contributed by atoms with E-state index in [0.29, 0.717) is 5.22 Å². The lowest BCUT2D eigenvalue weighted by Gasteiger charge is -2.05. The molecule has 18 heavy (non-hydrogen) atoms. The Morgan fingerprint density at radius 2 is 2.28 bits per heavy atom. The van der Waals surface area contributed by atoms with Gasteiger partial charge in [0.05, 0.1) is 10.7 Å². The standard InChI is InChI=1S/C13H15ClN2OS/c1-3-15-7-10-4-5-12(11(14)6-10)18-13-16-9(2)8-17-13/h4-6,8,15H,3,7H2,1-2H3. The van der Waals surface area contributed by atoms with Gasteiger partial charge in [0, 0.05) is 11.4 Å². The number of hydrogen-bond donors (Lipinski definition) is 1. The molecule has 1 aromatic carbocycles. The number of oxazole rings is 1. The monoisotopic (exact) mass is 282 g/mol. The van der Waals surface area contributed by atoms with E-state index in [0.717, 1.165) is 28.7 Å². The van der Waals surface area contributed by atoms with Crippen LogP contribution in [0.3, 0.4) is 0 Å². The minimum atomic E-state index is 0.619. The number of aryl methyl sites for hydroxylation is 1. The fraction of sp³-hybridized carbons (Fsp3) is 0.308. The van der Waals surface area contributed by atoms with E-state index in [1.54, 1.807) is 6.26 Å². The summed E-state index contributed by atoms with van der Waals surface area (Å²) >= 11 is 7.68. The molecule has 0 bridgehead atoms. The second-order valence-corrected chi connectivity index (χ2v) is 5.30. The normalized spacial score (nSPS) is 10.8. The molecular weight excluding hydrogens is 268 g/mol. The molecule has 0 atom stereocenters. The lowest BCUT2D eigenvalue weighted by molar-refractivity contribution is 0.454. The van der Waals surface area contributed by atoms with Crippen molar-refractivity contribution < 1.29 is 4.42 Å². The van der Waals surface area contributed by atoms with Crippen molar-refractivity contribution in [2.24, 2.45) is 0 Å². The van der Waals surface area contributed by atoms with Gasteiger partial charge in [0.25, 0.3) is 5.22 Å². The number of halogens is 1. The Morgan fingerprint density at radius 1 is 1.44 bits per heavy atom. The molecule has 0 radical (unpaired) electrons. The maximum atomic E-state index is 6.25. The lowest BCUT2D eigenvalue weighted by Crippen LogP contribution is -2.11. The predicted octanol–water partition coefficient (Wildman–Crippen LogP) is 3.90. The van der Waals surface area contributed by atoms with E-state index in [4.69, 9.17) is 16.0 Å². The van der Waals surface area contributed by atoms with Crippen molar-refractivity contribution in [1.82, 2.24) is 10.3 Å². The Balaban J connectivity index is 2.09. The summed E-state index contributed by atoms with van der Waals surface area (Å²) in [5.41, 5.74) is 2.05. The highest BCUT2D eigenvalue weighted by Gasteiger charge is 2.08. The molecule has 2 aromatic rings. The first-order chi connectivity index (χ1) is 8.69. The SMILES string of the molecule is CCNCc1ccc(Sc2nc(C)co2)c(Cl)c1. The van der Waals surface area contributed by atoms with Crippen LogP contribution in [0.5, 0.6) is 0 Å². The highest BCUT2D eigenvalue weighted by atomic mass is 35.5. The zero-order valence-corrected chi connectivity index (χ0v) is 11.9. The summed E-state index contributed by atoms with van der Waals surface area (Å²) in [6.45, 7) is 5.76. The number of hydrogen-bond acceptors (Lipinski definition) is 4. The van der Waals surface area contributed by atoms with E-state index in [1.165, 1.54) is 17.3 Å². The average molecular weight is 283 g/mol. The quantitative estimate of drug-likeness (QED) is 0.903. The topological polar surface area (TPSA) is 38.1 Å². The first-order valence-electron chi connectivity index (χ1n) is 5.78. The number of benzene rings is 1. The first-order valence-corrected chi connectivity index (χ1v) is 6.97. The van der Waals surface area contributed by atoms with E-state index < -0.39 is 0 Å². The molecule has 1 aromatic heterocycles. The van der Waals surface area contributed by atoms with Crippen molar-refractivity contribution >= 4 is 23.4 Å². The highest BCUT2D eigenvalue weighted by Crippen LogP contribution is 2.33. The fourth-order valence-corrected chi connectivity index (χ4v) is 2.57. The van der Waals surface area contributed by atoms with Crippen LogP contribution in [0, 0.1) is 6.92 Å². The van der Waals surface area contributed by atoms with Crippen LogP contribution in [0.1, 0.15) is 18.2 Å². The maximum Gasteiger partial charge on any atom is 0.260 e. The molecule has 1 heterocycles. The summed E-state index contributed by atoms with van der Waals surface area (Å²) in [4.78, 5) is 5.20. The maximum absolute atomic E-state index is 6.25. The summed E-state index contributed by atoms with van der Waals surface area (Å²) < 4.78 is 5.30. The summed E-state index contributed by atoms with van der Waals surface area (Å²) in [5.74, 6) is 0. The molecule has 5 heteroatoms. The third kappa shape index (κ3) is 3.51. The van der Waals surface area contributed by atoms with Crippen molar-refractivity contribution in [3.8, 4) is 0 Å². The molecular formula is C13H15ClN2OS. The third-order valence-corrected chi connectivity index (χ3v) is 3.73. The summed E-state index contributed by atoms with van der Waals surface area (Å²) in [6.07, 6.45) is 1.63. The number of rotatable bonds is 5. The van der Waals surface area contributed by atoms with Crippen LogP contribution in [0.2, 0.25) is 5.02 Å². The van der Waals surface area contributed by atoms with Gasteiger partial charge < -0.3 is 9.73 Å². The van der Waals surface area contributed by atoms with Crippen LogP contribution in [-0.4, -0.2) is 11.5 Å². The first kappa shape index (κ1) is 13.5. The Hall–Kier alpha value is -0.970. The molecule has 3 nitrogen and oxygen atoms in total. The molecule has 1 N–H and O–H groups in total. The minimum Gasteiger partial charge on any atom is -0.439 e. The van der Waals surface area contributed by atoms with Gasteiger partial charge in [-0.3, -0.25) is 0 Å². The van der Waals surface area contributed by atoms with Gasteiger partial charge in [-0.25, -0.2) is 4.98 Å². The van der Waals surface area contributed by atoms with Crippen LogP contribution in [0.25, 0.3) is 0 Å². The van der Waals surface area contributed by atoms with Gasteiger partial charge in [-0.15, -0.1) is 0 Å². The van der Waals surface area contributed by atoms with E-state index in [-0.39, 0.29) is 0 Å². The van der Waals surface area contributed by atoms with Gasteiger partial charge in [0.2, 0.25) is 0 Å². The van der Waals surface area contributed by atoms with Crippen LogP contribution >= 0.6 is 23.4 Å². The van der Waals surface area contributed by atoms with Gasteiger partial charge in [0.1, 0.15) is 6.26 Å². The molecule has 0 amide bonds. The summed E-state index contributed by atoms with van der Waals surface area (Å²) in [6, 6.07) is 6.04. The Kier molecular flexibility index (Phi) is 4.69. The fourth-order valence-electron chi connectivity index (χ4n) is 1.48. The smallest absolute Gasteiger partial charge is 0.260 e. The van der Waals surface area contributed by atoms with Gasteiger partial charge in [0.15, 0.2) is 0 Å². The van der Waals surface area contributed by atoms with E-state index in [1.807, 2.05) is 19.1 Å². The zero-order valence-electron chi connectivity index (χ0n) is 10.4. The average Bonchev–Trinajstić information content (AvgIpc) is 2.75. The van der Waals surface area contributed by atoms with E-state index in [2.05, 4.69) is 23.3 Å². The molecule has 0 spiro atoms. The van der Waals surface area contributed by atoms with Gasteiger partial charge in [-0.1, -0.05) is 24.6 Å². The summed E-state index contributed by atoms with van der Waals surface area (Å²) in [7, 11) is 0. The molecule has 0 saturated heterocycles. The van der Waals surface area contributed by atoms with Crippen LogP contribution < -0.4 is 5.32 Å². The van der Waals surface area contributed by atoms with Crippen LogP contribution in [0.15, 0.2) is 39.0 Å². The van der Waals surface area contributed by atoms with Gasteiger partial charge in [-0.05, 0) is 42.9 Å². The van der Waals surface area contributed by atoms with Crippen LogP contribution in [0.4, 0.5) is 0 Å². The van der Waals surface area contributed by atoms with Gasteiger partial charge >= 0.3 is 0 Å². The number of aromatic nitrogens is 1. The third-order valence-electron chi connectivity index (χ3n) is 2.37. The van der Waals surface area contributed by atoms with Crippen molar-refractivity contribution in [2.45, 2.75) is 30.5 Å². The molecule has 0 fully saturated rings. The number of nitrogens with one attached hydrogen (secondary N) is 1. The molecule has 0 saturated carbocycles. The Labute approximate surface area is 116 Å². The molecule has 0 aliphatic carbocycles. The molecule has 96 valence electrons. The lowest BCUT2D eigenvalue weighted by atomic mass is 10.2. The van der Waals surface area contributed by atoms with Crippen molar-refractivity contribution in [3.63, 3.8) is 0 Å². The second kappa shape index (κ2) is 6.27. The van der Waals surface area contributed by atoms with Crippen molar-refractivity contribution in [3.05, 3.63) is 40.7 Å². The van der Waals surface area contributed by atoms with Crippen LogP contribution in [-0.2, 0) is 6.54 Å². The zero-order chi connectivity index (χ0) is 13.0. The minimum absolute atomic E-state index is 0.619. The largest absolute Gasteiger partial charge is 0.439 e. The Morgan fingerprint density at radius 3 is 2.89 bits per heavy atom. The highest BCUT2D eigenvalue weighted by molar-refractivity contribution is 7.99. The molecule has 2 rings (SSSR count). The van der Waals surface area contributed by atoms with Gasteiger partial charge in [-0.2, -0.15) is 0 Å². The molecule has 0 unspecified atom stereocenters. The molecule has 0 aliphatic rings. The van der Waals surface area contributed by atoms with Crippen molar-refractivity contribution in [2.75, 3.05) is 6.54 Å². The van der Waals surface area contributed by atoms with Crippen molar-refractivity contribution in [1.29, 1.82) is 0 Å². The van der Waals surface area contributed by atoms with E-state index >= 15 is 0 Å². The number of nitrogens with zero attached hydrogens (tertiary/aromatic N) is 1. The Bertz CT molecular complexity index is 527.